The molecule has 0 radical (unpaired) electrons. The molecule has 0 aliphatic heterocycles. The van der Waals surface area contributed by atoms with Crippen molar-refractivity contribution in [3.63, 3.8) is 0 Å². The number of aryl methyl sites for hydroxylation is 3. The van der Waals surface area contributed by atoms with Crippen LogP contribution in [-0.4, -0.2) is 11.0 Å². The van der Waals surface area contributed by atoms with Gasteiger partial charge in [0, 0.05) is 23.8 Å². The molecule has 21 heavy (non-hydrogen) atoms. The average molecular weight is 284 g/mol. The Bertz CT molecular complexity index is 621. The first-order valence-corrected chi connectivity index (χ1v) is 7.41. The van der Waals surface area contributed by atoms with Crippen molar-refractivity contribution >= 4 is 0 Å². The number of nitrogens with one attached hydrogen (secondary N) is 1. The molecule has 0 amide bonds. The molecule has 1 heterocycles. The summed E-state index contributed by atoms with van der Waals surface area (Å²) in [6, 6.07) is 10.5. The second-order valence-electron chi connectivity index (χ2n) is 5.77. The Morgan fingerprint density at radius 1 is 1.10 bits per heavy atom. The number of hydrogen-bond acceptors (Lipinski definition) is 3. The first kappa shape index (κ1) is 15.5. The van der Waals surface area contributed by atoms with Crippen molar-refractivity contribution < 1.29 is 4.74 Å². The third kappa shape index (κ3) is 4.05. The van der Waals surface area contributed by atoms with E-state index in [1.807, 2.05) is 38.1 Å². The van der Waals surface area contributed by atoms with E-state index in [-0.39, 0.29) is 0 Å². The molecule has 1 aromatic carbocycles. The lowest BCUT2D eigenvalue weighted by Gasteiger charge is -2.16. The summed E-state index contributed by atoms with van der Waals surface area (Å²) in [5.41, 5.74) is 4.42. The monoisotopic (exact) mass is 284 g/mol. The van der Waals surface area contributed by atoms with Gasteiger partial charge in [0.25, 0.3) is 0 Å². The zero-order chi connectivity index (χ0) is 15.4. The van der Waals surface area contributed by atoms with Crippen molar-refractivity contribution in [1.82, 2.24) is 10.3 Å². The zero-order valence-corrected chi connectivity index (χ0v) is 13.5. The summed E-state index contributed by atoms with van der Waals surface area (Å²) in [5, 5.41) is 3.44. The molecule has 112 valence electrons. The maximum Gasteiger partial charge on any atom is 0.224 e. The second kappa shape index (κ2) is 6.72. The number of aromatic nitrogens is 1. The number of rotatable bonds is 5. The molecule has 0 spiro atoms. The Morgan fingerprint density at radius 3 is 2.48 bits per heavy atom. The van der Waals surface area contributed by atoms with Gasteiger partial charge in [0.15, 0.2) is 0 Å². The zero-order valence-electron chi connectivity index (χ0n) is 13.5. The normalized spacial score (nSPS) is 11.0. The molecule has 1 N–H and O–H groups in total. The predicted octanol–water partition coefficient (Wildman–Crippen LogP) is 4.30. The van der Waals surface area contributed by atoms with Gasteiger partial charge in [0.05, 0.1) is 0 Å². The van der Waals surface area contributed by atoms with E-state index in [0.717, 1.165) is 29.1 Å². The molecule has 0 atom stereocenters. The molecule has 0 aliphatic rings. The van der Waals surface area contributed by atoms with Crippen molar-refractivity contribution in [1.29, 1.82) is 0 Å². The minimum absolute atomic E-state index is 0.428. The minimum atomic E-state index is 0.428. The van der Waals surface area contributed by atoms with Gasteiger partial charge in [-0.05, 0) is 44.0 Å². The van der Waals surface area contributed by atoms with Gasteiger partial charge in [0.2, 0.25) is 5.88 Å². The van der Waals surface area contributed by atoms with Crippen molar-refractivity contribution in [2.75, 3.05) is 0 Å². The molecule has 2 rings (SSSR count). The summed E-state index contributed by atoms with van der Waals surface area (Å²) in [5.74, 6) is 1.57. The number of nitrogens with zero attached hydrogens (tertiary/aromatic N) is 1. The molecule has 3 nitrogen and oxygen atoms in total. The fourth-order valence-corrected chi connectivity index (χ4v) is 2.21. The third-order valence-electron chi connectivity index (χ3n) is 3.42. The highest BCUT2D eigenvalue weighted by molar-refractivity contribution is 5.41. The third-order valence-corrected chi connectivity index (χ3v) is 3.42. The van der Waals surface area contributed by atoms with Crippen LogP contribution in [0.3, 0.4) is 0 Å². The molecule has 0 saturated heterocycles. The standard InChI is InChI=1S/C18H24N2O/c1-12(2)19-11-16-14(4)10-15(5)20-18(16)21-17-9-7-6-8-13(17)3/h6-10,12,19H,11H2,1-5H3. The van der Waals surface area contributed by atoms with Crippen LogP contribution in [0.4, 0.5) is 0 Å². The molecule has 0 bridgehead atoms. The van der Waals surface area contributed by atoms with Gasteiger partial charge in [0.1, 0.15) is 5.75 Å². The summed E-state index contributed by atoms with van der Waals surface area (Å²) >= 11 is 0. The summed E-state index contributed by atoms with van der Waals surface area (Å²) in [4.78, 5) is 4.59. The van der Waals surface area contributed by atoms with Crippen LogP contribution >= 0.6 is 0 Å². The number of hydrogen-bond donors (Lipinski definition) is 1. The first-order chi connectivity index (χ1) is 9.97. The van der Waals surface area contributed by atoms with Crippen LogP contribution in [0.25, 0.3) is 0 Å². The fourth-order valence-electron chi connectivity index (χ4n) is 2.21. The fraction of sp³-hybridized carbons (Fsp3) is 0.389. The second-order valence-corrected chi connectivity index (χ2v) is 5.77. The molecule has 0 aliphatic carbocycles. The van der Waals surface area contributed by atoms with Gasteiger partial charge < -0.3 is 10.1 Å². The van der Waals surface area contributed by atoms with Gasteiger partial charge >= 0.3 is 0 Å². The molecule has 0 fully saturated rings. The van der Waals surface area contributed by atoms with Gasteiger partial charge in [-0.3, -0.25) is 0 Å². The lowest BCUT2D eigenvalue weighted by atomic mass is 10.1. The van der Waals surface area contributed by atoms with E-state index in [1.165, 1.54) is 5.56 Å². The van der Waals surface area contributed by atoms with Gasteiger partial charge in [-0.15, -0.1) is 0 Å². The van der Waals surface area contributed by atoms with E-state index in [1.54, 1.807) is 0 Å². The topological polar surface area (TPSA) is 34.1 Å². The molecular formula is C18H24N2O. The summed E-state index contributed by atoms with van der Waals surface area (Å²) in [6.07, 6.45) is 0. The minimum Gasteiger partial charge on any atom is -0.438 e. The maximum absolute atomic E-state index is 6.08. The lowest BCUT2D eigenvalue weighted by molar-refractivity contribution is 0.445. The summed E-state index contributed by atoms with van der Waals surface area (Å²) in [7, 11) is 0. The molecule has 3 heteroatoms. The number of benzene rings is 1. The van der Waals surface area contributed by atoms with Crippen LogP contribution in [0.15, 0.2) is 30.3 Å². The van der Waals surface area contributed by atoms with Crippen LogP contribution < -0.4 is 10.1 Å². The van der Waals surface area contributed by atoms with E-state index in [4.69, 9.17) is 4.74 Å². The van der Waals surface area contributed by atoms with E-state index < -0.39 is 0 Å². The molecule has 0 saturated carbocycles. The highest BCUT2D eigenvalue weighted by Gasteiger charge is 2.12. The quantitative estimate of drug-likeness (QED) is 0.889. The largest absolute Gasteiger partial charge is 0.438 e. The Kier molecular flexibility index (Phi) is 4.97. The van der Waals surface area contributed by atoms with Gasteiger partial charge in [-0.25, -0.2) is 4.98 Å². The summed E-state index contributed by atoms with van der Waals surface area (Å²) < 4.78 is 6.08. The Balaban J connectivity index is 2.35. The smallest absolute Gasteiger partial charge is 0.224 e. The van der Waals surface area contributed by atoms with E-state index >= 15 is 0 Å². The highest BCUT2D eigenvalue weighted by Crippen LogP contribution is 2.28. The molecule has 0 unspecified atom stereocenters. The van der Waals surface area contributed by atoms with Crippen molar-refractivity contribution in [3.05, 3.63) is 52.7 Å². The number of pyridine rings is 1. The van der Waals surface area contributed by atoms with Crippen molar-refractivity contribution in [2.24, 2.45) is 0 Å². The maximum atomic E-state index is 6.08. The number of para-hydroxylation sites is 1. The van der Waals surface area contributed by atoms with Crippen molar-refractivity contribution in [3.8, 4) is 11.6 Å². The van der Waals surface area contributed by atoms with Crippen LogP contribution in [0, 0.1) is 20.8 Å². The van der Waals surface area contributed by atoms with E-state index in [9.17, 15) is 0 Å². The highest BCUT2D eigenvalue weighted by atomic mass is 16.5. The summed E-state index contributed by atoms with van der Waals surface area (Å²) in [6.45, 7) is 11.2. The van der Waals surface area contributed by atoms with E-state index in [2.05, 4.69) is 37.1 Å². The Hall–Kier alpha value is -1.87. The van der Waals surface area contributed by atoms with E-state index in [0.29, 0.717) is 11.9 Å². The van der Waals surface area contributed by atoms with Gasteiger partial charge in [-0.2, -0.15) is 0 Å². The van der Waals surface area contributed by atoms with Crippen LogP contribution in [0.1, 0.15) is 36.2 Å². The SMILES string of the molecule is Cc1cc(C)c(CNC(C)C)c(Oc2ccccc2C)n1. The predicted molar refractivity (Wildman–Crippen MR) is 86.9 cm³/mol. The molecular weight excluding hydrogens is 260 g/mol. The molecule has 1 aromatic heterocycles. The lowest BCUT2D eigenvalue weighted by Crippen LogP contribution is -2.23. The molecule has 2 aromatic rings. The van der Waals surface area contributed by atoms with Crippen molar-refractivity contribution in [2.45, 2.75) is 47.2 Å². The Labute approximate surface area is 127 Å². The average Bonchev–Trinajstić information content (AvgIpc) is 2.40. The van der Waals surface area contributed by atoms with Crippen LogP contribution in [0.2, 0.25) is 0 Å². The van der Waals surface area contributed by atoms with Crippen LogP contribution in [0.5, 0.6) is 11.6 Å². The van der Waals surface area contributed by atoms with Crippen LogP contribution in [-0.2, 0) is 6.54 Å². The number of ether oxygens (including phenoxy) is 1. The Morgan fingerprint density at radius 2 is 1.81 bits per heavy atom. The van der Waals surface area contributed by atoms with Gasteiger partial charge in [-0.1, -0.05) is 32.0 Å². The first-order valence-electron chi connectivity index (χ1n) is 7.41.